The topological polar surface area (TPSA) is 13.6 Å². The maximum Gasteiger partial charge on any atom is 0.190 e. The third-order valence-corrected chi connectivity index (χ3v) is 1.26. The molecule has 11 heavy (non-hydrogen) atoms. The zero-order valence-electron chi connectivity index (χ0n) is 5.97. The average molecular weight is 151 g/mol. The number of nitrogens with zero attached hydrogens (tertiary/aromatic N) is 1. The van der Waals surface area contributed by atoms with Gasteiger partial charge in [-0.1, -0.05) is 6.07 Å². The van der Waals surface area contributed by atoms with Gasteiger partial charge in [-0.05, 0) is 12.1 Å². The lowest BCUT2D eigenvalue weighted by Crippen LogP contribution is -1.85. The highest BCUT2D eigenvalue weighted by Crippen LogP contribution is 2.21. The zero-order valence-corrected chi connectivity index (χ0v) is 5.97. The van der Waals surface area contributed by atoms with Crippen molar-refractivity contribution in [1.29, 1.82) is 0 Å². The van der Waals surface area contributed by atoms with E-state index in [4.69, 9.17) is 6.57 Å². The third-order valence-electron chi connectivity index (χ3n) is 1.26. The van der Waals surface area contributed by atoms with E-state index < -0.39 is 5.82 Å². The Hall–Kier alpha value is -1.56. The van der Waals surface area contributed by atoms with Crippen molar-refractivity contribution in [1.82, 2.24) is 0 Å². The SMILES string of the molecule is [C-]#[N+]c1ccc(OC)c(F)c1. The molecule has 0 amide bonds. The Labute approximate surface area is 64.0 Å². The summed E-state index contributed by atoms with van der Waals surface area (Å²) in [7, 11) is 1.38. The van der Waals surface area contributed by atoms with Crippen LogP contribution in [-0.2, 0) is 0 Å². The molecule has 56 valence electrons. The summed E-state index contributed by atoms with van der Waals surface area (Å²) in [5.41, 5.74) is 0.281. The predicted octanol–water partition coefficient (Wildman–Crippen LogP) is 2.39. The van der Waals surface area contributed by atoms with Crippen LogP contribution in [0, 0.1) is 12.4 Å². The first-order chi connectivity index (χ1) is 5.27. The molecular weight excluding hydrogens is 145 g/mol. The molecule has 0 N–H and O–H groups in total. The average Bonchev–Trinajstić information content (AvgIpc) is 2.04. The van der Waals surface area contributed by atoms with Gasteiger partial charge in [0.15, 0.2) is 17.3 Å². The molecule has 2 nitrogen and oxygen atoms in total. The minimum atomic E-state index is -0.499. The van der Waals surface area contributed by atoms with E-state index in [0.29, 0.717) is 0 Å². The number of halogens is 1. The maximum absolute atomic E-state index is 12.8. The summed E-state index contributed by atoms with van der Waals surface area (Å²) in [6.07, 6.45) is 0. The third kappa shape index (κ3) is 1.47. The molecule has 0 aliphatic rings. The summed E-state index contributed by atoms with van der Waals surface area (Å²) in [5.74, 6) is -0.335. The van der Waals surface area contributed by atoms with Crippen LogP contribution in [0.5, 0.6) is 5.75 Å². The van der Waals surface area contributed by atoms with E-state index in [1.807, 2.05) is 0 Å². The first-order valence-corrected chi connectivity index (χ1v) is 2.99. The van der Waals surface area contributed by atoms with Crippen molar-refractivity contribution in [2.75, 3.05) is 7.11 Å². The second-order valence-corrected chi connectivity index (χ2v) is 1.93. The molecule has 1 aromatic carbocycles. The first-order valence-electron chi connectivity index (χ1n) is 2.99. The molecule has 0 heterocycles. The van der Waals surface area contributed by atoms with Gasteiger partial charge in [0.1, 0.15) is 0 Å². The number of ether oxygens (including phenoxy) is 1. The highest BCUT2D eigenvalue weighted by Gasteiger charge is 2.01. The van der Waals surface area contributed by atoms with Crippen LogP contribution in [0.4, 0.5) is 10.1 Å². The van der Waals surface area contributed by atoms with Crippen molar-refractivity contribution in [2.24, 2.45) is 0 Å². The van der Waals surface area contributed by atoms with Crippen LogP contribution in [0.25, 0.3) is 4.85 Å². The minimum absolute atomic E-state index is 0.164. The predicted molar refractivity (Wildman–Crippen MR) is 39.2 cm³/mol. The van der Waals surface area contributed by atoms with Gasteiger partial charge in [0, 0.05) is 0 Å². The molecule has 1 aromatic rings. The summed E-state index contributed by atoms with van der Waals surface area (Å²) in [5, 5.41) is 0. The van der Waals surface area contributed by atoms with Gasteiger partial charge >= 0.3 is 0 Å². The van der Waals surface area contributed by atoms with Crippen LogP contribution in [-0.4, -0.2) is 7.11 Å². The van der Waals surface area contributed by atoms with Gasteiger partial charge in [0.25, 0.3) is 0 Å². The highest BCUT2D eigenvalue weighted by atomic mass is 19.1. The van der Waals surface area contributed by atoms with Crippen molar-refractivity contribution in [3.63, 3.8) is 0 Å². The van der Waals surface area contributed by atoms with E-state index in [-0.39, 0.29) is 11.4 Å². The second-order valence-electron chi connectivity index (χ2n) is 1.93. The molecule has 0 radical (unpaired) electrons. The van der Waals surface area contributed by atoms with Crippen molar-refractivity contribution >= 4 is 5.69 Å². The van der Waals surface area contributed by atoms with Gasteiger partial charge in [-0.2, -0.15) is 0 Å². The molecule has 0 unspecified atom stereocenters. The van der Waals surface area contributed by atoms with E-state index in [0.717, 1.165) is 6.07 Å². The summed E-state index contributed by atoms with van der Waals surface area (Å²) in [6, 6.07) is 4.09. The lowest BCUT2D eigenvalue weighted by Gasteiger charge is -1.99. The fraction of sp³-hybridized carbons (Fsp3) is 0.125. The van der Waals surface area contributed by atoms with E-state index >= 15 is 0 Å². The van der Waals surface area contributed by atoms with Crippen molar-refractivity contribution in [3.8, 4) is 5.75 Å². The second kappa shape index (κ2) is 3.02. The van der Waals surface area contributed by atoms with Crippen LogP contribution < -0.4 is 4.74 Å². The van der Waals surface area contributed by atoms with Crippen molar-refractivity contribution < 1.29 is 9.13 Å². The molecule has 0 aliphatic carbocycles. The van der Waals surface area contributed by atoms with Gasteiger partial charge in [-0.3, -0.25) is 0 Å². The van der Waals surface area contributed by atoms with Gasteiger partial charge in [0.05, 0.1) is 13.7 Å². The Morgan fingerprint density at radius 3 is 2.73 bits per heavy atom. The van der Waals surface area contributed by atoms with E-state index in [2.05, 4.69) is 9.58 Å². The largest absolute Gasteiger partial charge is 0.494 e. The molecule has 0 aromatic heterocycles. The Balaban J connectivity index is 3.12. The van der Waals surface area contributed by atoms with Crippen LogP contribution in [0.15, 0.2) is 18.2 Å². The monoisotopic (exact) mass is 151 g/mol. The van der Waals surface area contributed by atoms with Gasteiger partial charge in [0.2, 0.25) is 0 Å². The zero-order chi connectivity index (χ0) is 8.27. The summed E-state index contributed by atoms with van der Waals surface area (Å²) in [6.45, 7) is 6.59. The smallest absolute Gasteiger partial charge is 0.190 e. The number of benzene rings is 1. The molecule has 0 bridgehead atoms. The minimum Gasteiger partial charge on any atom is -0.494 e. The summed E-state index contributed by atoms with van der Waals surface area (Å²) < 4.78 is 17.4. The first kappa shape index (κ1) is 7.55. The quantitative estimate of drug-likeness (QED) is 0.562. The Morgan fingerprint density at radius 1 is 1.55 bits per heavy atom. The molecule has 0 fully saturated rings. The molecule has 1 rings (SSSR count). The van der Waals surface area contributed by atoms with Gasteiger partial charge in [-0.25, -0.2) is 9.24 Å². The van der Waals surface area contributed by atoms with Crippen LogP contribution >= 0.6 is 0 Å². The highest BCUT2D eigenvalue weighted by molar-refractivity contribution is 5.47. The van der Waals surface area contributed by atoms with Gasteiger partial charge < -0.3 is 4.74 Å². The Morgan fingerprint density at radius 2 is 2.27 bits per heavy atom. The van der Waals surface area contributed by atoms with E-state index in [1.54, 1.807) is 0 Å². The number of methoxy groups -OCH3 is 1. The number of rotatable bonds is 1. The molecule has 0 atom stereocenters. The summed E-state index contributed by atoms with van der Waals surface area (Å²) in [4.78, 5) is 3.06. The van der Waals surface area contributed by atoms with Crippen LogP contribution in [0.2, 0.25) is 0 Å². The molecule has 3 heteroatoms. The lowest BCUT2D eigenvalue weighted by atomic mass is 10.3. The molecule has 0 saturated carbocycles. The Kier molecular flexibility index (Phi) is 2.07. The van der Waals surface area contributed by atoms with Crippen molar-refractivity contribution in [3.05, 3.63) is 35.4 Å². The fourth-order valence-electron chi connectivity index (χ4n) is 0.725. The van der Waals surface area contributed by atoms with Crippen LogP contribution in [0.3, 0.4) is 0 Å². The van der Waals surface area contributed by atoms with E-state index in [9.17, 15) is 4.39 Å². The fourth-order valence-corrected chi connectivity index (χ4v) is 0.725. The number of hydrogen-bond acceptors (Lipinski definition) is 1. The standard InChI is InChI=1S/C8H6FNO/c1-10-6-3-4-8(11-2)7(9)5-6/h3-5H,2H3. The summed E-state index contributed by atoms with van der Waals surface area (Å²) >= 11 is 0. The van der Waals surface area contributed by atoms with E-state index in [1.165, 1.54) is 19.2 Å². The normalized spacial score (nSPS) is 8.82. The van der Waals surface area contributed by atoms with Crippen LogP contribution in [0.1, 0.15) is 0 Å². The maximum atomic E-state index is 12.8. The lowest BCUT2D eigenvalue weighted by molar-refractivity contribution is 0.387. The van der Waals surface area contributed by atoms with Crippen molar-refractivity contribution in [2.45, 2.75) is 0 Å². The number of hydrogen-bond donors (Lipinski definition) is 0. The molecule has 0 saturated heterocycles. The molecular formula is C8H6FNO. The molecule has 0 aliphatic heterocycles. The molecule has 0 spiro atoms. The van der Waals surface area contributed by atoms with Gasteiger partial charge in [-0.15, -0.1) is 0 Å². The Bertz CT molecular complexity index is 303.